The number of sulfone groups is 1. The third kappa shape index (κ3) is 4.27. The lowest BCUT2D eigenvalue weighted by Crippen LogP contribution is -2.52. The van der Waals surface area contributed by atoms with Crippen LogP contribution in [0.3, 0.4) is 0 Å². The molecule has 3 aliphatic heterocycles. The summed E-state index contributed by atoms with van der Waals surface area (Å²) in [7, 11) is -2.87. The molecule has 0 bridgehead atoms. The van der Waals surface area contributed by atoms with Gasteiger partial charge in [0.2, 0.25) is 5.91 Å². The van der Waals surface area contributed by atoms with Gasteiger partial charge in [0, 0.05) is 38.3 Å². The van der Waals surface area contributed by atoms with Crippen molar-refractivity contribution in [3.63, 3.8) is 0 Å². The zero-order valence-corrected chi connectivity index (χ0v) is 16.0. The van der Waals surface area contributed by atoms with Gasteiger partial charge in [-0.1, -0.05) is 6.07 Å². The largest absolute Gasteiger partial charge is 0.486 e. The van der Waals surface area contributed by atoms with E-state index in [-0.39, 0.29) is 23.5 Å². The number of piperazine rings is 1. The van der Waals surface area contributed by atoms with Gasteiger partial charge in [-0.25, -0.2) is 8.42 Å². The fourth-order valence-corrected chi connectivity index (χ4v) is 5.57. The molecule has 1 atom stereocenters. The van der Waals surface area contributed by atoms with Crippen LogP contribution < -0.4 is 9.47 Å². The van der Waals surface area contributed by atoms with Crippen LogP contribution in [-0.4, -0.2) is 81.1 Å². The first-order valence-electron chi connectivity index (χ1n) is 9.31. The second-order valence-electron chi connectivity index (χ2n) is 7.15. The van der Waals surface area contributed by atoms with Crippen molar-refractivity contribution in [3.8, 4) is 11.5 Å². The Hall–Kier alpha value is -2.06. The molecular weight excluding hydrogens is 368 g/mol. The van der Waals surface area contributed by atoms with Crippen molar-refractivity contribution in [1.82, 2.24) is 9.80 Å². The standard InChI is InChI=1S/C19H24N2O5S/c22-19(4-2-15-1-3-17-18(13-15)26-11-10-25-17)21-8-6-20(7-9-21)16-5-12-27(23,24)14-16/h1-4,13,16H,5-12,14H2/b4-2+/t16-/m0/s1. The lowest BCUT2D eigenvalue weighted by atomic mass is 10.1. The van der Waals surface area contributed by atoms with Crippen LogP contribution in [0.5, 0.6) is 11.5 Å². The summed E-state index contributed by atoms with van der Waals surface area (Å²) in [5.74, 6) is 1.95. The van der Waals surface area contributed by atoms with Gasteiger partial charge in [0.1, 0.15) is 13.2 Å². The summed E-state index contributed by atoms with van der Waals surface area (Å²) in [5, 5.41) is 0. The third-order valence-electron chi connectivity index (χ3n) is 5.34. The molecule has 0 saturated carbocycles. The number of carbonyl (C=O) groups is 1. The maximum absolute atomic E-state index is 12.5. The van der Waals surface area contributed by atoms with Crippen molar-refractivity contribution in [3.05, 3.63) is 29.8 Å². The monoisotopic (exact) mass is 392 g/mol. The average molecular weight is 392 g/mol. The fourth-order valence-electron chi connectivity index (χ4n) is 3.81. The molecule has 0 unspecified atom stereocenters. The molecule has 0 aromatic heterocycles. The minimum absolute atomic E-state index is 0.0245. The van der Waals surface area contributed by atoms with Crippen LogP contribution >= 0.6 is 0 Å². The number of amides is 1. The highest BCUT2D eigenvalue weighted by atomic mass is 32.2. The lowest BCUT2D eigenvalue weighted by Gasteiger charge is -2.37. The molecule has 146 valence electrons. The number of nitrogens with zero attached hydrogens (tertiary/aromatic N) is 2. The van der Waals surface area contributed by atoms with Crippen molar-refractivity contribution in [2.24, 2.45) is 0 Å². The van der Waals surface area contributed by atoms with Crippen LogP contribution in [0.25, 0.3) is 6.08 Å². The molecule has 2 fully saturated rings. The van der Waals surface area contributed by atoms with E-state index in [1.54, 1.807) is 12.2 Å². The molecule has 4 rings (SSSR count). The zero-order valence-electron chi connectivity index (χ0n) is 15.2. The summed E-state index contributed by atoms with van der Waals surface area (Å²) in [6, 6.07) is 5.74. The Morgan fingerprint density at radius 1 is 1.07 bits per heavy atom. The average Bonchev–Trinajstić information content (AvgIpc) is 3.06. The van der Waals surface area contributed by atoms with Gasteiger partial charge in [-0.15, -0.1) is 0 Å². The quantitative estimate of drug-likeness (QED) is 0.709. The summed E-state index contributed by atoms with van der Waals surface area (Å²) in [5.41, 5.74) is 0.891. The first kappa shape index (κ1) is 18.3. The predicted molar refractivity (Wildman–Crippen MR) is 102 cm³/mol. The molecular formula is C19H24N2O5S. The van der Waals surface area contributed by atoms with Gasteiger partial charge in [-0.2, -0.15) is 0 Å². The van der Waals surface area contributed by atoms with Crippen molar-refractivity contribution in [2.75, 3.05) is 50.9 Å². The maximum Gasteiger partial charge on any atom is 0.246 e. The highest BCUT2D eigenvalue weighted by Gasteiger charge is 2.34. The Kier molecular flexibility index (Phi) is 5.10. The Balaban J connectivity index is 1.31. The minimum Gasteiger partial charge on any atom is -0.486 e. The topological polar surface area (TPSA) is 76.2 Å². The maximum atomic E-state index is 12.5. The van der Waals surface area contributed by atoms with E-state index in [4.69, 9.17) is 9.47 Å². The Bertz CT molecular complexity index is 844. The molecule has 7 nitrogen and oxygen atoms in total. The van der Waals surface area contributed by atoms with E-state index in [1.165, 1.54) is 0 Å². The van der Waals surface area contributed by atoms with E-state index in [0.717, 1.165) is 24.4 Å². The van der Waals surface area contributed by atoms with Crippen LogP contribution in [0.15, 0.2) is 24.3 Å². The van der Waals surface area contributed by atoms with Crippen molar-refractivity contribution >= 4 is 21.8 Å². The molecule has 27 heavy (non-hydrogen) atoms. The van der Waals surface area contributed by atoms with Crippen molar-refractivity contribution in [2.45, 2.75) is 12.5 Å². The van der Waals surface area contributed by atoms with E-state index in [1.807, 2.05) is 23.1 Å². The molecule has 3 heterocycles. The van der Waals surface area contributed by atoms with Gasteiger partial charge in [-0.05, 0) is 30.2 Å². The third-order valence-corrected chi connectivity index (χ3v) is 7.09. The molecule has 0 N–H and O–H groups in total. The highest BCUT2D eigenvalue weighted by Crippen LogP contribution is 2.31. The van der Waals surface area contributed by atoms with E-state index in [9.17, 15) is 13.2 Å². The smallest absolute Gasteiger partial charge is 0.246 e. The molecule has 2 saturated heterocycles. The summed E-state index contributed by atoms with van der Waals surface area (Å²) in [4.78, 5) is 16.5. The van der Waals surface area contributed by atoms with Gasteiger partial charge in [0.25, 0.3) is 0 Å². The van der Waals surface area contributed by atoms with Gasteiger partial charge in [-0.3, -0.25) is 9.69 Å². The molecule has 8 heteroatoms. The SMILES string of the molecule is O=C(/C=C/c1ccc2c(c1)OCCO2)N1CCN([C@H]2CCS(=O)(=O)C2)CC1. The Morgan fingerprint density at radius 2 is 1.81 bits per heavy atom. The minimum atomic E-state index is -2.87. The van der Waals surface area contributed by atoms with Crippen LogP contribution in [0.4, 0.5) is 0 Å². The molecule has 3 aliphatic rings. The number of carbonyl (C=O) groups excluding carboxylic acids is 1. The number of benzene rings is 1. The van der Waals surface area contributed by atoms with Gasteiger partial charge in [0.15, 0.2) is 21.3 Å². The molecule has 0 radical (unpaired) electrons. The Morgan fingerprint density at radius 3 is 2.52 bits per heavy atom. The van der Waals surface area contributed by atoms with E-state index >= 15 is 0 Å². The van der Waals surface area contributed by atoms with E-state index in [0.29, 0.717) is 38.5 Å². The second kappa shape index (κ2) is 7.52. The fraction of sp³-hybridized carbons (Fsp3) is 0.526. The Labute approximate surface area is 159 Å². The summed E-state index contributed by atoms with van der Waals surface area (Å²) in [6.07, 6.45) is 4.08. The summed E-state index contributed by atoms with van der Waals surface area (Å²) in [6.45, 7) is 3.79. The van der Waals surface area contributed by atoms with Gasteiger partial charge >= 0.3 is 0 Å². The highest BCUT2D eigenvalue weighted by molar-refractivity contribution is 7.91. The molecule has 0 aliphatic carbocycles. The second-order valence-corrected chi connectivity index (χ2v) is 9.38. The predicted octanol–water partition coefficient (Wildman–Crippen LogP) is 0.802. The molecule has 1 amide bonds. The van der Waals surface area contributed by atoms with Crippen LogP contribution in [0.2, 0.25) is 0 Å². The van der Waals surface area contributed by atoms with Crippen LogP contribution in [0.1, 0.15) is 12.0 Å². The van der Waals surface area contributed by atoms with Crippen LogP contribution in [0, 0.1) is 0 Å². The van der Waals surface area contributed by atoms with Crippen molar-refractivity contribution in [1.29, 1.82) is 0 Å². The lowest BCUT2D eigenvalue weighted by molar-refractivity contribution is -0.127. The summed E-state index contributed by atoms with van der Waals surface area (Å²) < 4.78 is 34.4. The molecule has 0 spiro atoms. The van der Waals surface area contributed by atoms with Crippen LogP contribution in [-0.2, 0) is 14.6 Å². The normalized spacial score (nSPS) is 25.0. The van der Waals surface area contributed by atoms with E-state index < -0.39 is 9.84 Å². The number of ether oxygens (including phenoxy) is 2. The molecule has 1 aromatic carbocycles. The number of fused-ring (bicyclic) bond motifs is 1. The van der Waals surface area contributed by atoms with Gasteiger partial charge < -0.3 is 14.4 Å². The summed E-state index contributed by atoms with van der Waals surface area (Å²) >= 11 is 0. The zero-order chi connectivity index (χ0) is 18.9. The van der Waals surface area contributed by atoms with Crippen molar-refractivity contribution < 1.29 is 22.7 Å². The first-order valence-corrected chi connectivity index (χ1v) is 11.1. The number of hydrogen-bond donors (Lipinski definition) is 0. The van der Waals surface area contributed by atoms with E-state index in [2.05, 4.69) is 4.90 Å². The molecule has 1 aromatic rings. The number of rotatable bonds is 3. The number of hydrogen-bond acceptors (Lipinski definition) is 6. The first-order chi connectivity index (χ1) is 13.0. The van der Waals surface area contributed by atoms with Gasteiger partial charge in [0.05, 0.1) is 11.5 Å².